The van der Waals surface area contributed by atoms with Crippen LogP contribution < -0.4 is 15.0 Å². The molecule has 0 saturated carbocycles. The van der Waals surface area contributed by atoms with Gasteiger partial charge in [0, 0.05) is 31.7 Å². The van der Waals surface area contributed by atoms with Gasteiger partial charge in [-0.15, -0.1) is 5.10 Å². The third kappa shape index (κ3) is 3.06. The summed E-state index contributed by atoms with van der Waals surface area (Å²) in [6, 6.07) is 12.2. The fraction of sp³-hybridized carbons (Fsp3) is 0.300. The zero-order valence-corrected chi connectivity index (χ0v) is 15.4. The van der Waals surface area contributed by atoms with Crippen LogP contribution in [-0.4, -0.2) is 57.2 Å². The van der Waals surface area contributed by atoms with Gasteiger partial charge >= 0.3 is 0 Å². The number of H-pyrrole nitrogens is 1. The van der Waals surface area contributed by atoms with E-state index in [1.807, 2.05) is 41.0 Å². The molecule has 3 N–H and O–H groups in total. The molecular formula is C20H22N6O2. The molecule has 0 radical (unpaired) electrons. The summed E-state index contributed by atoms with van der Waals surface area (Å²) in [7, 11) is 0. The molecule has 0 amide bonds. The molecule has 0 aliphatic carbocycles. The third-order valence-electron chi connectivity index (χ3n) is 5.15. The minimum absolute atomic E-state index is 0.0467. The average molecular weight is 378 g/mol. The monoisotopic (exact) mass is 378 g/mol. The lowest BCUT2D eigenvalue weighted by molar-refractivity contribution is 0.235. The largest absolute Gasteiger partial charge is 0.487 e. The van der Waals surface area contributed by atoms with Crippen molar-refractivity contribution in [1.29, 1.82) is 0 Å². The first-order valence-electron chi connectivity index (χ1n) is 9.43. The molecule has 3 aromatic heterocycles. The molecular weight excluding hydrogens is 356 g/mol. The highest BCUT2D eigenvalue weighted by atomic mass is 16.5. The van der Waals surface area contributed by atoms with Gasteiger partial charge in [0.1, 0.15) is 17.9 Å². The Kier molecular flexibility index (Phi) is 4.34. The fourth-order valence-corrected chi connectivity index (χ4v) is 3.75. The number of fused-ring (bicyclic) bond motifs is 3. The minimum atomic E-state index is 0.0467. The van der Waals surface area contributed by atoms with Gasteiger partial charge in [-0.2, -0.15) is 5.10 Å². The maximum absolute atomic E-state index is 9.59. The molecule has 4 heterocycles. The van der Waals surface area contributed by atoms with Gasteiger partial charge in [-0.25, -0.2) is 4.52 Å². The van der Waals surface area contributed by atoms with Crippen LogP contribution in [0.2, 0.25) is 0 Å². The molecule has 1 fully saturated rings. The summed E-state index contributed by atoms with van der Waals surface area (Å²) in [4.78, 5) is 2.27. The number of ether oxygens (including phenoxy) is 1. The van der Waals surface area contributed by atoms with Crippen molar-refractivity contribution in [3.63, 3.8) is 0 Å². The zero-order valence-electron chi connectivity index (χ0n) is 15.4. The van der Waals surface area contributed by atoms with Crippen molar-refractivity contribution in [1.82, 2.24) is 25.1 Å². The molecule has 144 valence electrons. The first-order chi connectivity index (χ1) is 13.8. The number of aromatic nitrogens is 4. The van der Waals surface area contributed by atoms with Crippen molar-refractivity contribution in [3.05, 3.63) is 54.4 Å². The smallest absolute Gasteiger partial charge is 0.178 e. The van der Waals surface area contributed by atoms with E-state index >= 15 is 0 Å². The van der Waals surface area contributed by atoms with E-state index in [2.05, 4.69) is 31.6 Å². The van der Waals surface area contributed by atoms with E-state index in [0.717, 1.165) is 53.2 Å². The van der Waals surface area contributed by atoms with Crippen LogP contribution in [0.25, 0.3) is 16.6 Å². The highest BCUT2D eigenvalue weighted by Crippen LogP contribution is 2.32. The van der Waals surface area contributed by atoms with Gasteiger partial charge in [0.05, 0.1) is 30.1 Å². The first kappa shape index (κ1) is 17.0. The second kappa shape index (κ2) is 7.14. The second-order valence-electron chi connectivity index (χ2n) is 7.04. The Morgan fingerprint density at radius 3 is 3.00 bits per heavy atom. The maximum Gasteiger partial charge on any atom is 0.178 e. The van der Waals surface area contributed by atoms with Gasteiger partial charge in [0.25, 0.3) is 0 Å². The number of aliphatic hydroxyl groups is 1. The topological polar surface area (TPSA) is 90.7 Å². The maximum atomic E-state index is 9.59. The molecule has 1 saturated heterocycles. The van der Waals surface area contributed by atoms with Gasteiger partial charge in [-0.1, -0.05) is 30.3 Å². The Hall–Kier alpha value is -3.10. The molecule has 8 nitrogen and oxygen atoms in total. The van der Waals surface area contributed by atoms with Crippen molar-refractivity contribution in [2.45, 2.75) is 12.6 Å². The van der Waals surface area contributed by atoms with Crippen LogP contribution in [0.4, 0.5) is 5.69 Å². The summed E-state index contributed by atoms with van der Waals surface area (Å²) < 4.78 is 7.93. The summed E-state index contributed by atoms with van der Waals surface area (Å²) >= 11 is 0. The molecule has 5 rings (SSSR count). The number of aromatic amines is 1. The summed E-state index contributed by atoms with van der Waals surface area (Å²) in [5.74, 6) is 0.753. The Balaban J connectivity index is 1.55. The molecule has 4 aromatic rings. The fourth-order valence-electron chi connectivity index (χ4n) is 3.75. The standard InChI is InChI=1S/C20H22N6O2/c27-12-15-10-25(7-6-21-15)18-8-16(28-13-14-4-2-1-3-5-14)11-26-19(18)17-9-22-23-20(17)24-26/h1-5,8-9,11,15,21,27H,6-7,10,12-13H2,(H,23,24). The van der Waals surface area contributed by atoms with Crippen LogP contribution in [0.3, 0.4) is 0 Å². The summed E-state index contributed by atoms with van der Waals surface area (Å²) in [5.41, 5.74) is 3.89. The van der Waals surface area contributed by atoms with Gasteiger partial charge in [-0.05, 0) is 5.56 Å². The summed E-state index contributed by atoms with van der Waals surface area (Å²) in [5, 5.41) is 25.6. The number of nitrogens with zero attached hydrogens (tertiary/aromatic N) is 4. The molecule has 1 aliphatic heterocycles. The van der Waals surface area contributed by atoms with Gasteiger partial charge in [0.2, 0.25) is 0 Å². The lowest BCUT2D eigenvalue weighted by atomic mass is 10.1. The van der Waals surface area contributed by atoms with Crippen LogP contribution in [0.5, 0.6) is 5.75 Å². The second-order valence-corrected chi connectivity index (χ2v) is 7.04. The highest BCUT2D eigenvalue weighted by Gasteiger charge is 2.23. The third-order valence-corrected chi connectivity index (χ3v) is 5.15. The first-order valence-corrected chi connectivity index (χ1v) is 9.43. The van der Waals surface area contributed by atoms with Crippen molar-refractivity contribution in [3.8, 4) is 5.75 Å². The Bertz CT molecular complexity index is 1090. The molecule has 1 unspecified atom stereocenters. The lowest BCUT2D eigenvalue weighted by Crippen LogP contribution is -2.52. The number of nitrogens with one attached hydrogen (secondary N) is 2. The van der Waals surface area contributed by atoms with Crippen LogP contribution in [0, 0.1) is 0 Å². The van der Waals surface area contributed by atoms with E-state index in [0.29, 0.717) is 6.61 Å². The van der Waals surface area contributed by atoms with E-state index in [1.54, 1.807) is 6.20 Å². The van der Waals surface area contributed by atoms with E-state index in [-0.39, 0.29) is 12.6 Å². The van der Waals surface area contributed by atoms with E-state index < -0.39 is 0 Å². The number of rotatable bonds is 5. The molecule has 0 bridgehead atoms. The number of hydrogen-bond acceptors (Lipinski definition) is 6. The normalized spacial score (nSPS) is 17.5. The number of hydrogen-bond donors (Lipinski definition) is 3. The van der Waals surface area contributed by atoms with Gasteiger partial charge < -0.3 is 20.1 Å². The Morgan fingerprint density at radius 1 is 1.25 bits per heavy atom. The Labute approximate surface area is 161 Å². The van der Waals surface area contributed by atoms with Crippen molar-refractivity contribution >= 4 is 22.2 Å². The molecule has 0 spiro atoms. The molecule has 1 atom stereocenters. The zero-order chi connectivity index (χ0) is 18.9. The van der Waals surface area contributed by atoms with Gasteiger partial charge in [0.15, 0.2) is 5.65 Å². The van der Waals surface area contributed by atoms with E-state index in [1.165, 1.54) is 0 Å². The van der Waals surface area contributed by atoms with Crippen LogP contribution in [-0.2, 0) is 6.61 Å². The van der Waals surface area contributed by atoms with Crippen molar-refractivity contribution < 1.29 is 9.84 Å². The SMILES string of the molecule is OCC1CN(c2cc(OCc3ccccc3)cn3nc4[nH]ncc4c23)CCN1. The quantitative estimate of drug-likeness (QED) is 0.488. The van der Waals surface area contributed by atoms with Gasteiger partial charge in [-0.3, -0.25) is 5.10 Å². The van der Waals surface area contributed by atoms with Crippen LogP contribution in [0.1, 0.15) is 5.56 Å². The van der Waals surface area contributed by atoms with E-state index in [4.69, 9.17) is 4.74 Å². The predicted octanol–water partition coefficient (Wildman–Crippen LogP) is 1.56. The molecule has 8 heteroatoms. The lowest BCUT2D eigenvalue weighted by Gasteiger charge is -2.35. The number of piperazine rings is 1. The summed E-state index contributed by atoms with van der Waals surface area (Å²) in [6.07, 6.45) is 3.71. The minimum Gasteiger partial charge on any atom is -0.487 e. The number of anilines is 1. The highest BCUT2D eigenvalue weighted by molar-refractivity contribution is 5.99. The molecule has 28 heavy (non-hydrogen) atoms. The average Bonchev–Trinajstić information content (AvgIpc) is 3.33. The van der Waals surface area contributed by atoms with Crippen molar-refractivity contribution in [2.24, 2.45) is 0 Å². The van der Waals surface area contributed by atoms with Crippen molar-refractivity contribution in [2.75, 3.05) is 31.1 Å². The van der Waals surface area contributed by atoms with Crippen LogP contribution >= 0.6 is 0 Å². The summed E-state index contributed by atoms with van der Waals surface area (Å²) in [6.45, 7) is 2.98. The van der Waals surface area contributed by atoms with Crippen LogP contribution in [0.15, 0.2) is 48.8 Å². The predicted molar refractivity (Wildman–Crippen MR) is 107 cm³/mol. The number of aliphatic hydroxyl groups excluding tert-OH is 1. The van der Waals surface area contributed by atoms with E-state index in [9.17, 15) is 5.11 Å². The Morgan fingerprint density at radius 2 is 2.14 bits per heavy atom. The number of pyridine rings is 1. The number of benzene rings is 1. The molecule has 1 aromatic carbocycles. The molecule has 1 aliphatic rings.